The number of piperidine rings is 1. The Morgan fingerprint density at radius 2 is 1.81 bits per heavy atom. The van der Waals surface area contributed by atoms with Crippen molar-refractivity contribution in [3.8, 4) is 0 Å². The maximum absolute atomic E-state index is 4.34. The Balaban J connectivity index is 1.56. The van der Waals surface area contributed by atoms with Crippen molar-refractivity contribution in [2.45, 2.75) is 31.3 Å². The van der Waals surface area contributed by atoms with Gasteiger partial charge in [0.1, 0.15) is 0 Å². The smallest absolute Gasteiger partial charge is 0.0886 e. The standard InChI is InChI=1S/C22H25N3S/c1-24-15-20(16-9-10-17-14-23-26-21(17)13-16)18-7-3-4-8-19(18)22(24)25-11-5-2-6-12-25/h3-4,7-10,13-14,20,22H,2,5-6,11-12,15H2,1H3. The summed E-state index contributed by atoms with van der Waals surface area (Å²) in [6, 6.07) is 16.0. The average molecular weight is 364 g/mol. The van der Waals surface area contributed by atoms with Gasteiger partial charge in [0.05, 0.1) is 10.9 Å². The second-order valence-electron chi connectivity index (χ2n) is 7.71. The quantitative estimate of drug-likeness (QED) is 0.648. The van der Waals surface area contributed by atoms with Gasteiger partial charge in [-0.2, -0.15) is 4.37 Å². The van der Waals surface area contributed by atoms with Crippen LogP contribution < -0.4 is 0 Å². The van der Waals surface area contributed by atoms with Crippen LogP contribution in [0.2, 0.25) is 0 Å². The molecule has 134 valence electrons. The summed E-state index contributed by atoms with van der Waals surface area (Å²) in [5, 5.41) is 1.25. The third kappa shape index (κ3) is 2.77. The predicted molar refractivity (Wildman–Crippen MR) is 109 cm³/mol. The molecule has 1 aromatic heterocycles. The first-order valence-electron chi connectivity index (χ1n) is 9.69. The van der Waals surface area contributed by atoms with E-state index in [4.69, 9.17) is 0 Å². The number of benzene rings is 2. The molecule has 2 aliphatic rings. The number of rotatable bonds is 2. The molecular formula is C22H25N3S. The maximum atomic E-state index is 4.34. The molecule has 0 amide bonds. The zero-order valence-electron chi connectivity index (χ0n) is 15.3. The van der Waals surface area contributed by atoms with Crippen molar-refractivity contribution in [2.75, 3.05) is 26.7 Å². The molecule has 0 radical (unpaired) electrons. The summed E-state index contributed by atoms with van der Waals surface area (Å²) in [4.78, 5) is 5.25. The summed E-state index contributed by atoms with van der Waals surface area (Å²) in [5.74, 6) is 0.434. The molecule has 3 nitrogen and oxygen atoms in total. The van der Waals surface area contributed by atoms with Crippen LogP contribution in [0.25, 0.3) is 10.1 Å². The van der Waals surface area contributed by atoms with Gasteiger partial charge in [-0.25, -0.2) is 0 Å². The van der Waals surface area contributed by atoms with Crippen molar-refractivity contribution in [3.63, 3.8) is 0 Å². The Morgan fingerprint density at radius 1 is 1.00 bits per heavy atom. The van der Waals surface area contributed by atoms with Crippen LogP contribution in [0.1, 0.15) is 48.0 Å². The number of aromatic nitrogens is 1. The lowest BCUT2D eigenvalue weighted by Crippen LogP contribution is -2.46. The highest BCUT2D eigenvalue weighted by molar-refractivity contribution is 7.13. The minimum Gasteiger partial charge on any atom is -0.286 e. The Morgan fingerprint density at radius 3 is 2.65 bits per heavy atom. The lowest BCUT2D eigenvalue weighted by molar-refractivity contribution is 0.0338. The number of likely N-dealkylation sites (tertiary alicyclic amines) is 1. The largest absolute Gasteiger partial charge is 0.286 e. The molecular weight excluding hydrogens is 338 g/mol. The molecule has 0 bridgehead atoms. The third-order valence-corrected chi connectivity index (χ3v) is 6.82. The fourth-order valence-corrected chi connectivity index (χ4v) is 5.50. The monoisotopic (exact) mass is 363 g/mol. The number of nitrogens with zero attached hydrogens (tertiary/aromatic N) is 3. The first-order chi connectivity index (χ1) is 12.8. The molecule has 1 fully saturated rings. The summed E-state index contributed by atoms with van der Waals surface area (Å²) in [6.07, 6.45) is 6.44. The summed E-state index contributed by atoms with van der Waals surface area (Å²) in [6.45, 7) is 3.52. The van der Waals surface area contributed by atoms with Gasteiger partial charge in [-0.1, -0.05) is 42.8 Å². The lowest BCUT2D eigenvalue weighted by Gasteiger charge is -2.46. The summed E-state index contributed by atoms with van der Waals surface area (Å²) in [7, 11) is 2.30. The number of hydrogen-bond donors (Lipinski definition) is 0. The van der Waals surface area contributed by atoms with E-state index >= 15 is 0 Å². The van der Waals surface area contributed by atoms with E-state index in [0.717, 1.165) is 6.54 Å². The maximum Gasteiger partial charge on any atom is 0.0886 e. The van der Waals surface area contributed by atoms with Gasteiger partial charge in [0.2, 0.25) is 0 Å². The van der Waals surface area contributed by atoms with Crippen molar-refractivity contribution >= 4 is 21.6 Å². The van der Waals surface area contributed by atoms with Crippen molar-refractivity contribution in [2.24, 2.45) is 0 Å². The molecule has 0 aliphatic carbocycles. The van der Waals surface area contributed by atoms with Gasteiger partial charge in [-0.05, 0) is 67.3 Å². The normalized spacial score (nSPS) is 24.7. The topological polar surface area (TPSA) is 19.4 Å². The van der Waals surface area contributed by atoms with Crippen LogP contribution >= 0.6 is 11.5 Å². The van der Waals surface area contributed by atoms with Crippen LogP contribution in [0.5, 0.6) is 0 Å². The van der Waals surface area contributed by atoms with E-state index in [2.05, 4.69) is 63.7 Å². The Kier molecular flexibility index (Phi) is 4.27. The van der Waals surface area contributed by atoms with E-state index in [1.54, 1.807) is 11.5 Å². The second kappa shape index (κ2) is 6.76. The molecule has 2 unspecified atom stereocenters. The van der Waals surface area contributed by atoms with Crippen molar-refractivity contribution in [1.29, 1.82) is 0 Å². The van der Waals surface area contributed by atoms with Crippen LogP contribution in [-0.2, 0) is 0 Å². The Hall–Kier alpha value is -1.75. The predicted octanol–water partition coefficient (Wildman–Crippen LogP) is 4.86. The molecule has 4 heteroatoms. The van der Waals surface area contributed by atoms with Gasteiger partial charge in [0.15, 0.2) is 0 Å². The van der Waals surface area contributed by atoms with Crippen molar-refractivity contribution < 1.29 is 0 Å². The lowest BCUT2D eigenvalue weighted by atomic mass is 9.83. The van der Waals surface area contributed by atoms with Gasteiger partial charge in [-0.3, -0.25) is 9.80 Å². The fraction of sp³-hybridized carbons (Fsp3) is 0.409. The number of likely N-dealkylation sites (N-methyl/N-ethyl adjacent to an activating group) is 1. The first-order valence-corrected chi connectivity index (χ1v) is 10.5. The van der Waals surface area contributed by atoms with E-state index < -0.39 is 0 Å². The van der Waals surface area contributed by atoms with Crippen LogP contribution in [0.15, 0.2) is 48.7 Å². The van der Waals surface area contributed by atoms with E-state index in [-0.39, 0.29) is 0 Å². The minimum atomic E-state index is 0.426. The molecule has 0 spiro atoms. The Bertz CT molecular complexity index is 912. The van der Waals surface area contributed by atoms with Crippen LogP contribution in [0.3, 0.4) is 0 Å². The molecule has 3 heterocycles. The minimum absolute atomic E-state index is 0.426. The summed E-state index contributed by atoms with van der Waals surface area (Å²) in [5.41, 5.74) is 4.42. The van der Waals surface area contributed by atoms with Crippen LogP contribution in [0, 0.1) is 0 Å². The van der Waals surface area contributed by atoms with Crippen molar-refractivity contribution in [3.05, 3.63) is 65.4 Å². The van der Waals surface area contributed by atoms with Crippen LogP contribution in [0.4, 0.5) is 0 Å². The molecule has 0 saturated carbocycles. The van der Waals surface area contributed by atoms with Gasteiger partial charge >= 0.3 is 0 Å². The van der Waals surface area contributed by atoms with E-state index in [1.165, 1.54) is 59.1 Å². The number of hydrogen-bond acceptors (Lipinski definition) is 4. The SMILES string of the molecule is CN1CC(c2ccc3cnsc3c2)c2ccccc2C1N1CCCCC1. The van der Waals surface area contributed by atoms with Crippen LogP contribution in [-0.4, -0.2) is 40.9 Å². The summed E-state index contributed by atoms with van der Waals surface area (Å²) < 4.78 is 5.64. The summed E-state index contributed by atoms with van der Waals surface area (Å²) >= 11 is 1.60. The molecule has 5 rings (SSSR count). The highest BCUT2D eigenvalue weighted by atomic mass is 32.1. The number of fused-ring (bicyclic) bond motifs is 2. The highest BCUT2D eigenvalue weighted by Crippen LogP contribution is 2.41. The first kappa shape index (κ1) is 16.4. The molecule has 2 aromatic carbocycles. The van der Waals surface area contributed by atoms with Gasteiger partial charge in [-0.15, -0.1) is 0 Å². The van der Waals surface area contributed by atoms with Gasteiger partial charge in [0, 0.05) is 24.0 Å². The second-order valence-corrected chi connectivity index (χ2v) is 8.55. The molecule has 2 atom stereocenters. The van der Waals surface area contributed by atoms with Gasteiger partial charge < -0.3 is 0 Å². The zero-order valence-corrected chi connectivity index (χ0v) is 16.1. The zero-order chi connectivity index (χ0) is 17.5. The third-order valence-electron chi connectivity index (χ3n) is 6.06. The molecule has 1 saturated heterocycles. The molecule has 0 N–H and O–H groups in total. The van der Waals surface area contributed by atoms with E-state index in [9.17, 15) is 0 Å². The average Bonchev–Trinajstić information content (AvgIpc) is 3.16. The molecule has 3 aromatic rings. The van der Waals surface area contributed by atoms with Gasteiger partial charge in [0.25, 0.3) is 0 Å². The van der Waals surface area contributed by atoms with E-state index in [0.29, 0.717) is 12.1 Å². The van der Waals surface area contributed by atoms with E-state index in [1.807, 2.05) is 6.20 Å². The fourth-order valence-electron chi connectivity index (χ4n) is 4.80. The molecule has 2 aliphatic heterocycles. The molecule has 26 heavy (non-hydrogen) atoms. The Labute approximate surface area is 159 Å². The highest BCUT2D eigenvalue weighted by Gasteiger charge is 2.35. The van der Waals surface area contributed by atoms with Crippen molar-refractivity contribution in [1.82, 2.24) is 14.2 Å².